The summed E-state index contributed by atoms with van der Waals surface area (Å²) in [7, 11) is 0. The number of nitrogens with zero attached hydrogens (tertiary/aromatic N) is 3. The van der Waals surface area contributed by atoms with E-state index in [1.807, 2.05) is 11.0 Å². The van der Waals surface area contributed by atoms with Gasteiger partial charge in [-0.25, -0.2) is 0 Å². The normalized spacial score (nSPS) is 13.9. The molecule has 0 radical (unpaired) electrons. The van der Waals surface area contributed by atoms with E-state index in [-0.39, 0.29) is 19.1 Å². The number of halogens is 3. The summed E-state index contributed by atoms with van der Waals surface area (Å²) < 4.78 is 49.7. The van der Waals surface area contributed by atoms with Crippen LogP contribution in [0.3, 0.4) is 0 Å². The Morgan fingerprint density at radius 2 is 1.04 bits per heavy atom. The molecule has 4 aliphatic heterocycles. The van der Waals surface area contributed by atoms with Crippen molar-refractivity contribution in [1.82, 2.24) is 4.57 Å². The highest BCUT2D eigenvalue weighted by Crippen LogP contribution is 2.56. The Hall–Kier alpha value is -7.35. The summed E-state index contributed by atoms with van der Waals surface area (Å²) in [5, 5.41) is 2.14. The minimum Gasteiger partial charge on any atom is -0.312 e. The number of para-hydroxylation sites is 3. The molecule has 9 aromatic carbocycles. The third-order valence-electron chi connectivity index (χ3n) is 14.6. The molecular formula is C58H38B2F3N3S. The third kappa shape index (κ3) is 5.29. The molecule has 3 nitrogen and oxygen atoms in total. The van der Waals surface area contributed by atoms with Gasteiger partial charge in [-0.15, -0.1) is 0 Å². The summed E-state index contributed by atoms with van der Waals surface area (Å²) in [6.45, 7) is 5.97. The van der Waals surface area contributed by atoms with E-state index in [1.54, 1.807) is 23.9 Å². The lowest BCUT2D eigenvalue weighted by molar-refractivity contribution is -0.137. The fourth-order valence-corrected chi connectivity index (χ4v) is 13.4. The Morgan fingerprint density at radius 3 is 1.73 bits per heavy atom. The molecule has 0 spiro atoms. The van der Waals surface area contributed by atoms with Gasteiger partial charge in [0.15, 0.2) is 0 Å². The highest BCUT2D eigenvalue weighted by atomic mass is 32.2. The zero-order chi connectivity index (χ0) is 45.0. The van der Waals surface area contributed by atoms with E-state index in [2.05, 4.69) is 176 Å². The Morgan fingerprint density at radius 1 is 0.478 bits per heavy atom. The third-order valence-corrected chi connectivity index (χ3v) is 15.8. The topological polar surface area (TPSA) is 11.4 Å². The fraction of sp³-hybridized carbons (Fsp3) is 0.0690. The van der Waals surface area contributed by atoms with Crippen LogP contribution in [0.15, 0.2) is 186 Å². The molecule has 1 aromatic heterocycles. The molecule has 0 unspecified atom stereocenters. The van der Waals surface area contributed by atoms with Gasteiger partial charge in [0.25, 0.3) is 6.71 Å². The smallest absolute Gasteiger partial charge is 0.312 e. The SMILES string of the molecule is Cc1ccc2c(c1)B1c3ccccc3Sc3c1c1c4c(c3-c3cccc5c3c3ccccc3n5-c3ccccc3)N(c3ccccc3C(F)(F)F)c3ccc(C)cc3B4c3cc(C)ccc3N21. The first-order valence-corrected chi connectivity index (χ1v) is 23.6. The first-order chi connectivity index (χ1) is 32.7. The van der Waals surface area contributed by atoms with E-state index in [1.165, 1.54) is 34.1 Å². The second kappa shape index (κ2) is 13.8. The number of aryl methyl sites for hydroxylation is 3. The summed E-state index contributed by atoms with van der Waals surface area (Å²) >= 11 is 1.76. The average molecular weight is 888 g/mol. The van der Waals surface area contributed by atoms with Gasteiger partial charge in [0.05, 0.1) is 28.0 Å². The molecular weight excluding hydrogens is 849 g/mol. The number of anilines is 6. The van der Waals surface area contributed by atoms with Crippen molar-refractivity contribution >= 4 is 114 Å². The van der Waals surface area contributed by atoms with E-state index >= 15 is 13.2 Å². The van der Waals surface area contributed by atoms with Crippen molar-refractivity contribution in [3.05, 3.63) is 198 Å². The van der Waals surface area contributed by atoms with Gasteiger partial charge in [0.1, 0.15) is 0 Å². The van der Waals surface area contributed by atoms with Crippen LogP contribution in [-0.2, 0) is 6.18 Å². The van der Waals surface area contributed by atoms with Gasteiger partial charge in [-0.05, 0) is 114 Å². The van der Waals surface area contributed by atoms with Crippen LogP contribution in [0, 0.1) is 20.8 Å². The van der Waals surface area contributed by atoms with E-state index in [0.29, 0.717) is 0 Å². The van der Waals surface area contributed by atoms with Gasteiger partial charge < -0.3 is 14.4 Å². The molecule has 0 saturated heterocycles. The molecule has 0 aliphatic carbocycles. The van der Waals surface area contributed by atoms with Crippen molar-refractivity contribution in [2.24, 2.45) is 0 Å². The number of fused-ring (bicyclic) bond motifs is 13. The minimum atomic E-state index is -4.63. The van der Waals surface area contributed by atoms with Crippen LogP contribution < -0.4 is 42.6 Å². The van der Waals surface area contributed by atoms with Crippen LogP contribution in [0.25, 0.3) is 38.6 Å². The summed E-state index contributed by atoms with van der Waals surface area (Å²) in [5.74, 6) is 0. The molecule has 318 valence electrons. The molecule has 0 atom stereocenters. The van der Waals surface area contributed by atoms with Gasteiger partial charge in [-0.3, -0.25) is 0 Å². The number of alkyl halides is 3. The highest BCUT2D eigenvalue weighted by Gasteiger charge is 2.53. The Labute approximate surface area is 391 Å². The number of hydrogen-bond acceptors (Lipinski definition) is 3. The van der Waals surface area contributed by atoms with Gasteiger partial charge in [-0.2, -0.15) is 13.2 Å². The van der Waals surface area contributed by atoms with Crippen LogP contribution >= 0.6 is 11.8 Å². The molecule has 0 fully saturated rings. The molecule has 0 N–H and O–H groups in total. The van der Waals surface area contributed by atoms with Crippen molar-refractivity contribution in [2.75, 3.05) is 9.80 Å². The zero-order valence-corrected chi connectivity index (χ0v) is 37.6. The summed E-state index contributed by atoms with van der Waals surface area (Å²) in [6, 6.07) is 60.4. The van der Waals surface area contributed by atoms with Crippen LogP contribution in [0.4, 0.5) is 47.3 Å². The predicted molar refractivity (Wildman–Crippen MR) is 275 cm³/mol. The molecule has 0 amide bonds. The largest absolute Gasteiger partial charge is 0.418 e. The lowest BCUT2D eigenvalue weighted by Gasteiger charge is -2.50. The maximum absolute atomic E-state index is 15.8. The number of hydrogen-bond donors (Lipinski definition) is 0. The van der Waals surface area contributed by atoms with Crippen LogP contribution in [-0.4, -0.2) is 18.0 Å². The molecule has 67 heavy (non-hydrogen) atoms. The van der Waals surface area contributed by atoms with Gasteiger partial charge in [-0.1, -0.05) is 149 Å². The molecule has 4 aliphatic rings. The predicted octanol–water partition coefficient (Wildman–Crippen LogP) is 11.8. The van der Waals surface area contributed by atoms with Crippen LogP contribution in [0.2, 0.25) is 0 Å². The van der Waals surface area contributed by atoms with Crippen molar-refractivity contribution in [2.45, 2.75) is 36.7 Å². The van der Waals surface area contributed by atoms with Crippen molar-refractivity contribution < 1.29 is 13.2 Å². The molecule has 9 heteroatoms. The summed E-state index contributed by atoms with van der Waals surface area (Å²) in [6.07, 6.45) is -4.63. The quantitative estimate of drug-likeness (QED) is 0.164. The molecule has 10 aromatic rings. The van der Waals surface area contributed by atoms with Gasteiger partial charge in [0.2, 0.25) is 6.71 Å². The monoisotopic (exact) mass is 887 g/mol. The average Bonchev–Trinajstić information content (AvgIpc) is 3.68. The molecule has 5 heterocycles. The highest BCUT2D eigenvalue weighted by molar-refractivity contribution is 8.00. The van der Waals surface area contributed by atoms with Crippen LogP contribution in [0.5, 0.6) is 0 Å². The van der Waals surface area contributed by atoms with E-state index in [0.717, 1.165) is 104 Å². The molecule has 0 saturated carbocycles. The minimum absolute atomic E-state index is 0.105. The van der Waals surface area contributed by atoms with Crippen LogP contribution in [0.1, 0.15) is 22.3 Å². The number of aromatic nitrogens is 1. The zero-order valence-electron chi connectivity index (χ0n) is 36.8. The molecule has 0 bridgehead atoms. The lowest BCUT2D eigenvalue weighted by Crippen LogP contribution is -2.68. The Bertz CT molecular complexity index is 3800. The van der Waals surface area contributed by atoms with E-state index in [9.17, 15) is 0 Å². The number of benzene rings is 9. The Kier molecular flexibility index (Phi) is 8.03. The standard InChI is InChI=1S/C58H38B2F3N3S/c1-33-25-28-47-41(30-33)59-40-19-9-12-23-50(40)67-57-52(38-17-13-22-49-51(38)37-16-7-10-20-44(37)64(49)36-14-5-4-6-15-36)55-53-56(54(57)59)66(47)48-29-26-35(3)32-43(48)60(53)42-31-34(2)24-27-46(42)65(55)45-21-11-8-18-39(45)58(61,62)63/h4-32H,1-3H3. The number of rotatable bonds is 3. The fourth-order valence-electron chi connectivity index (χ4n) is 12.0. The maximum atomic E-state index is 15.8. The van der Waals surface area contributed by atoms with Gasteiger partial charge >= 0.3 is 6.18 Å². The summed E-state index contributed by atoms with van der Waals surface area (Å²) in [4.78, 5) is 6.66. The van der Waals surface area contributed by atoms with Gasteiger partial charge in [0, 0.05) is 54.6 Å². The van der Waals surface area contributed by atoms with Crippen molar-refractivity contribution in [3.63, 3.8) is 0 Å². The first-order valence-electron chi connectivity index (χ1n) is 22.8. The van der Waals surface area contributed by atoms with E-state index in [4.69, 9.17) is 0 Å². The second-order valence-corrected chi connectivity index (χ2v) is 19.5. The molecule has 14 rings (SSSR count). The summed E-state index contributed by atoms with van der Waals surface area (Å²) in [5.41, 5.74) is 19.5. The lowest BCUT2D eigenvalue weighted by atomic mass is 9.29. The Balaban J connectivity index is 1.25. The second-order valence-electron chi connectivity index (χ2n) is 18.5. The van der Waals surface area contributed by atoms with Crippen molar-refractivity contribution in [3.8, 4) is 16.8 Å². The van der Waals surface area contributed by atoms with E-state index < -0.39 is 11.7 Å². The maximum Gasteiger partial charge on any atom is 0.418 e. The van der Waals surface area contributed by atoms with Crippen molar-refractivity contribution in [1.29, 1.82) is 0 Å². The first kappa shape index (κ1) is 38.9.